The molecule has 0 saturated carbocycles. The summed E-state index contributed by atoms with van der Waals surface area (Å²) in [6.45, 7) is 3.89. The van der Waals surface area contributed by atoms with Crippen molar-refractivity contribution in [3.05, 3.63) is 53.3 Å². The first-order valence-corrected chi connectivity index (χ1v) is 8.32. The summed E-state index contributed by atoms with van der Waals surface area (Å²) in [5.41, 5.74) is 3.31. The van der Waals surface area contributed by atoms with Crippen molar-refractivity contribution in [3.8, 4) is 5.75 Å². The van der Waals surface area contributed by atoms with E-state index in [9.17, 15) is 9.90 Å². The summed E-state index contributed by atoms with van der Waals surface area (Å²) in [7, 11) is 1.84. The number of benzene rings is 1. The number of carbonyl (C=O) groups is 1. The zero-order valence-electron chi connectivity index (χ0n) is 14.7. The Labute approximate surface area is 146 Å². The van der Waals surface area contributed by atoms with Crippen molar-refractivity contribution >= 4 is 16.9 Å². The van der Waals surface area contributed by atoms with Crippen LogP contribution in [0.25, 0.3) is 11.0 Å². The molecule has 2 aromatic heterocycles. The highest BCUT2D eigenvalue weighted by Gasteiger charge is 2.13. The summed E-state index contributed by atoms with van der Waals surface area (Å²) in [6, 6.07) is 9.02. The molecular formula is C19H22N4O2. The Morgan fingerprint density at radius 1 is 1.32 bits per heavy atom. The van der Waals surface area contributed by atoms with E-state index in [4.69, 9.17) is 0 Å². The van der Waals surface area contributed by atoms with Gasteiger partial charge < -0.3 is 10.4 Å². The predicted molar refractivity (Wildman–Crippen MR) is 96.6 cm³/mol. The number of aromatic nitrogens is 3. The highest BCUT2D eigenvalue weighted by Crippen LogP contribution is 2.17. The predicted octanol–water partition coefficient (Wildman–Crippen LogP) is 2.73. The van der Waals surface area contributed by atoms with Gasteiger partial charge in [0, 0.05) is 24.7 Å². The Morgan fingerprint density at radius 2 is 2.04 bits per heavy atom. The van der Waals surface area contributed by atoms with Crippen LogP contribution < -0.4 is 5.32 Å². The van der Waals surface area contributed by atoms with E-state index in [0.29, 0.717) is 5.56 Å². The van der Waals surface area contributed by atoms with Crippen LogP contribution in [0, 0.1) is 6.92 Å². The van der Waals surface area contributed by atoms with Gasteiger partial charge >= 0.3 is 0 Å². The van der Waals surface area contributed by atoms with E-state index in [2.05, 4.69) is 15.4 Å². The molecule has 130 valence electrons. The summed E-state index contributed by atoms with van der Waals surface area (Å²) >= 11 is 0. The number of phenols is 1. The molecular weight excluding hydrogens is 316 g/mol. The molecule has 1 amide bonds. The highest BCUT2D eigenvalue weighted by molar-refractivity contribution is 5.97. The number of rotatable bonds is 5. The topological polar surface area (TPSA) is 80.0 Å². The maximum atomic E-state index is 12.5. The monoisotopic (exact) mass is 338 g/mol. The van der Waals surface area contributed by atoms with Gasteiger partial charge in [-0.1, -0.05) is 12.1 Å². The van der Waals surface area contributed by atoms with Crippen molar-refractivity contribution in [1.82, 2.24) is 20.1 Å². The summed E-state index contributed by atoms with van der Waals surface area (Å²) < 4.78 is 1.71. The Bertz CT molecular complexity index is 900. The summed E-state index contributed by atoms with van der Waals surface area (Å²) in [5, 5.41) is 17.5. The lowest BCUT2D eigenvalue weighted by atomic mass is 10.1. The highest BCUT2D eigenvalue weighted by atomic mass is 16.3. The fourth-order valence-corrected chi connectivity index (χ4v) is 2.86. The molecule has 6 nitrogen and oxygen atoms in total. The number of fused-ring (bicyclic) bond motifs is 1. The molecule has 6 heteroatoms. The molecule has 0 saturated heterocycles. The number of nitrogens with zero attached hydrogens (tertiary/aromatic N) is 3. The molecule has 25 heavy (non-hydrogen) atoms. The van der Waals surface area contributed by atoms with Crippen LogP contribution in [0.1, 0.15) is 35.0 Å². The lowest BCUT2D eigenvalue weighted by Crippen LogP contribution is -2.33. The molecule has 0 spiro atoms. The van der Waals surface area contributed by atoms with Crippen LogP contribution in [0.4, 0.5) is 0 Å². The van der Waals surface area contributed by atoms with Crippen LogP contribution in [0.2, 0.25) is 0 Å². The number of phenolic OH excluding ortho intramolecular Hbond substituents is 1. The quantitative estimate of drug-likeness (QED) is 0.749. The first-order chi connectivity index (χ1) is 11.9. The van der Waals surface area contributed by atoms with Crippen molar-refractivity contribution in [1.29, 1.82) is 0 Å². The third-order valence-corrected chi connectivity index (χ3v) is 4.31. The fourth-order valence-electron chi connectivity index (χ4n) is 2.86. The second-order valence-corrected chi connectivity index (χ2v) is 6.38. The van der Waals surface area contributed by atoms with Crippen LogP contribution in [0.3, 0.4) is 0 Å². The maximum Gasteiger partial charge on any atom is 0.253 e. The molecule has 0 fully saturated rings. The van der Waals surface area contributed by atoms with Crippen LogP contribution >= 0.6 is 0 Å². The van der Waals surface area contributed by atoms with Gasteiger partial charge in [-0.25, -0.2) is 4.98 Å². The number of pyridine rings is 1. The zero-order chi connectivity index (χ0) is 18.0. The SMILES string of the molecule is Cc1nn(C)c2ncc(C(=O)NC(C)CCc3ccc(O)cc3)cc12. The van der Waals surface area contributed by atoms with Gasteiger partial charge in [-0.05, 0) is 50.5 Å². The van der Waals surface area contributed by atoms with E-state index in [1.165, 1.54) is 0 Å². The first-order valence-electron chi connectivity index (χ1n) is 8.32. The summed E-state index contributed by atoms with van der Waals surface area (Å²) in [4.78, 5) is 16.8. The van der Waals surface area contributed by atoms with Crippen molar-refractivity contribution in [3.63, 3.8) is 0 Å². The van der Waals surface area contributed by atoms with Crippen molar-refractivity contribution < 1.29 is 9.90 Å². The maximum absolute atomic E-state index is 12.5. The summed E-state index contributed by atoms with van der Waals surface area (Å²) in [5.74, 6) is 0.134. The van der Waals surface area contributed by atoms with E-state index >= 15 is 0 Å². The van der Waals surface area contributed by atoms with Gasteiger partial charge in [-0.3, -0.25) is 9.48 Å². The number of hydrogen-bond acceptors (Lipinski definition) is 4. The Hall–Kier alpha value is -2.89. The van der Waals surface area contributed by atoms with Gasteiger partial charge in [-0.2, -0.15) is 5.10 Å². The molecule has 0 aliphatic rings. The lowest BCUT2D eigenvalue weighted by molar-refractivity contribution is 0.0938. The number of nitrogens with one attached hydrogen (secondary N) is 1. The van der Waals surface area contributed by atoms with Gasteiger partial charge in [0.05, 0.1) is 11.3 Å². The summed E-state index contributed by atoms with van der Waals surface area (Å²) in [6.07, 6.45) is 3.24. The molecule has 2 N–H and O–H groups in total. The molecule has 3 rings (SSSR count). The molecule has 0 radical (unpaired) electrons. The number of aryl methyl sites for hydroxylation is 3. The van der Waals surface area contributed by atoms with Gasteiger partial charge in [0.1, 0.15) is 5.75 Å². The van der Waals surface area contributed by atoms with E-state index in [0.717, 1.165) is 35.1 Å². The van der Waals surface area contributed by atoms with Crippen molar-refractivity contribution in [2.45, 2.75) is 32.7 Å². The van der Waals surface area contributed by atoms with Crippen LogP contribution in [-0.4, -0.2) is 31.8 Å². The molecule has 1 unspecified atom stereocenters. The van der Waals surface area contributed by atoms with Crippen LogP contribution in [-0.2, 0) is 13.5 Å². The van der Waals surface area contributed by atoms with E-state index < -0.39 is 0 Å². The third-order valence-electron chi connectivity index (χ3n) is 4.31. The average Bonchev–Trinajstić information content (AvgIpc) is 2.88. The van der Waals surface area contributed by atoms with Gasteiger partial charge in [0.15, 0.2) is 5.65 Å². The van der Waals surface area contributed by atoms with Gasteiger partial charge in [0.2, 0.25) is 0 Å². The van der Waals surface area contributed by atoms with Crippen molar-refractivity contribution in [2.75, 3.05) is 0 Å². The molecule has 1 atom stereocenters. The largest absolute Gasteiger partial charge is 0.508 e. The second-order valence-electron chi connectivity index (χ2n) is 6.38. The minimum absolute atomic E-state index is 0.0343. The minimum Gasteiger partial charge on any atom is -0.508 e. The number of amides is 1. The molecule has 0 aliphatic carbocycles. The minimum atomic E-state index is -0.129. The van der Waals surface area contributed by atoms with Crippen LogP contribution in [0.5, 0.6) is 5.75 Å². The standard InChI is InChI=1S/C19H22N4O2/c1-12(4-5-14-6-8-16(24)9-7-14)21-19(25)15-10-17-13(2)22-23(3)18(17)20-11-15/h6-12,24H,4-5H2,1-3H3,(H,21,25). The first kappa shape index (κ1) is 17.0. The number of aromatic hydroxyl groups is 1. The molecule has 3 aromatic rings. The fraction of sp³-hybridized carbons (Fsp3) is 0.316. The molecule has 0 aliphatic heterocycles. The van der Waals surface area contributed by atoms with E-state index in [1.54, 1.807) is 23.0 Å². The molecule has 2 heterocycles. The van der Waals surface area contributed by atoms with E-state index in [-0.39, 0.29) is 17.7 Å². The number of carbonyl (C=O) groups excluding carboxylic acids is 1. The third kappa shape index (κ3) is 3.79. The zero-order valence-corrected chi connectivity index (χ0v) is 14.7. The van der Waals surface area contributed by atoms with Gasteiger partial charge in [0.25, 0.3) is 5.91 Å². The Kier molecular flexibility index (Phi) is 4.70. The Balaban J connectivity index is 1.63. The molecule has 1 aromatic carbocycles. The molecule has 0 bridgehead atoms. The van der Waals surface area contributed by atoms with Gasteiger partial charge in [-0.15, -0.1) is 0 Å². The average molecular weight is 338 g/mol. The van der Waals surface area contributed by atoms with Crippen LogP contribution in [0.15, 0.2) is 36.5 Å². The van der Waals surface area contributed by atoms with Crippen molar-refractivity contribution in [2.24, 2.45) is 7.05 Å². The normalized spacial score (nSPS) is 12.3. The lowest BCUT2D eigenvalue weighted by Gasteiger charge is -2.14. The Morgan fingerprint density at radius 3 is 2.76 bits per heavy atom. The number of hydrogen-bond donors (Lipinski definition) is 2. The van der Waals surface area contributed by atoms with E-state index in [1.807, 2.05) is 39.1 Å². The second kappa shape index (κ2) is 6.93. The smallest absolute Gasteiger partial charge is 0.253 e.